The third-order valence-corrected chi connectivity index (χ3v) is 3.11. The summed E-state index contributed by atoms with van der Waals surface area (Å²) in [5.74, 6) is -1.73. The second kappa shape index (κ2) is 6.30. The van der Waals surface area contributed by atoms with Crippen molar-refractivity contribution in [2.45, 2.75) is 18.7 Å². The van der Waals surface area contributed by atoms with Gasteiger partial charge in [0.1, 0.15) is 5.69 Å². The summed E-state index contributed by atoms with van der Waals surface area (Å²) in [6.07, 6.45) is -5.47. The molecule has 0 saturated carbocycles. The molecule has 1 amide bonds. The third kappa shape index (κ3) is 4.17. The summed E-state index contributed by atoms with van der Waals surface area (Å²) < 4.78 is 42.1. The maximum absolute atomic E-state index is 12.4. The SMILES string of the molecule is O=C(O)c1ccc(C(=O)N2CCOC(CC(F)(F)F)C2)cn1. The van der Waals surface area contributed by atoms with Crippen molar-refractivity contribution in [1.29, 1.82) is 0 Å². The van der Waals surface area contributed by atoms with Crippen LogP contribution in [0.4, 0.5) is 13.2 Å². The van der Waals surface area contributed by atoms with E-state index in [1.807, 2.05) is 0 Å². The summed E-state index contributed by atoms with van der Waals surface area (Å²) in [7, 11) is 0. The Morgan fingerprint density at radius 2 is 2.14 bits per heavy atom. The lowest BCUT2D eigenvalue weighted by Gasteiger charge is -2.33. The standard InChI is InChI=1S/C13H13F3N2O4/c14-13(15,16)5-9-7-18(3-4-22-9)11(19)8-1-2-10(12(20)21)17-6-8/h1-2,6,9H,3-5,7H2,(H,20,21). The summed E-state index contributed by atoms with van der Waals surface area (Å²) in [5.41, 5.74) is -0.0915. The lowest BCUT2D eigenvalue weighted by Crippen LogP contribution is -2.47. The summed E-state index contributed by atoms with van der Waals surface area (Å²) in [6.45, 7) is 0.0278. The van der Waals surface area contributed by atoms with E-state index in [4.69, 9.17) is 9.84 Å². The highest BCUT2D eigenvalue weighted by Crippen LogP contribution is 2.25. The first-order valence-electron chi connectivity index (χ1n) is 6.43. The number of hydrogen-bond donors (Lipinski definition) is 1. The fourth-order valence-electron chi connectivity index (χ4n) is 2.11. The number of ether oxygens (including phenoxy) is 1. The third-order valence-electron chi connectivity index (χ3n) is 3.11. The summed E-state index contributed by atoms with van der Waals surface area (Å²) in [5, 5.41) is 8.72. The van der Waals surface area contributed by atoms with Gasteiger partial charge in [0.2, 0.25) is 0 Å². The number of carbonyl (C=O) groups excluding carboxylic acids is 1. The van der Waals surface area contributed by atoms with Gasteiger partial charge in [0, 0.05) is 19.3 Å². The molecule has 1 aliphatic heterocycles. The summed E-state index contributed by atoms with van der Waals surface area (Å²) >= 11 is 0. The first-order chi connectivity index (χ1) is 10.3. The number of carboxylic acids is 1. The topological polar surface area (TPSA) is 79.7 Å². The molecule has 6 nitrogen and oxygen atoms in total. The van der Waals surface area contributed by atoms with Crippen LogP contribution in [0.5, 0.6) is 0 Å². The number of aromatic nitrogens is 1. The van der Waals surface area contributed by atoms with E-state index in [1.54, 1.807) is 0 Å². The molecule has 120 valence electrons. The smallest absolute Gasteiger partial charge is 0.391 e. The zero-order chi connectivity index (χ0) is 16.3. The van der Waals surface area contributed by atoms with E-state index in [0.29, 0.717) is 0 Å². The average Bonchev–Trinajstić information content (AvgIpc) is 2.45. The minimum absolute atomic E-state index is 0.0210. The highest BCUT2D eigenvalue weighted by Gasteiger charge is 2.36. The predicted molar refractivity (Wildman–Crippen MR) is 67.5 cm³/mol. The Labute approximate surface area is 123 Å². The summed E-state index contributed by atoms with van der Waals surface area (Å²) in [6, 6.07) is 2.45. The van der Waals surface area contributed by atoms with Crippen molar-refractivity contribution in [3.63, 3.8) is 0 Å². The monoisotopic (exact) mass is 318 g/mol. The fourth-order valence-corrected chi connectivity index (χ4v) is 2.11. The number of rotatable bonds is 3. The Kier molecular flexibility index (Phi) is 4.65. The van der Waals surface area contributed by atoms with Gasteiger partial charge in [0.15, 0.2) is 0 Å². The van der Waals surface area contributed by atoms with Crippen LogP contribution in [0.15, 0.2) is 18.3 Å². The van der Waals surface area contributed by atoms with Crippen molar-refractivity contribution in [2.75, 3.05) is 19.7 Å². The number of amides is 1. The Morgan fingerprint density at radius 1 is 1.41 bits per heavy atom. The molecule has 0 bridgehead atoms. The highest BCUT2D eigenvalue weighted by atomic mass is 19.4. The van der Waals surface area contributed by atoms with Gasteiger partial charge >= 0.3 is 12.1 Å². The lowest BCUT2D eigenvalue weighted by atomic mass is 10.1. The van der Waals surface area contributed by atoms with Gasteiger partial charge in [0.25, 0.3) is 5.91 Å². The van der Waals surface area contributed by atoms with Crippen molar-refractivity contribution in [1.82, 2.24) is 9.88 Å². The van der Waals surface area contributed by atoms with Crippen LogP contribution in [0.25, 0.3) is 0 Å². The molecule has 1 aromatic heterocycles. The van der Waals surface area contributed by atoms with Gasteiger partial charge in [-0.2, -0.15) is 13.2 Å². The molecule has 0 radical (unpaired) electrons. The summed E-state index contributed by atoms with van der Waals surface area (Å²) in [4.78, 5) is 27.7. The first-order valence-corrected chi connectivity index (χ1v) is 6.43. The molecule has 1 aliphatic rings. The van der Waals surface area contributed by atoms with Crippen LogP contribution in [-0.4, -0.2) is 58.8 Å². The minimum atomic E-state index is -4.36. The zero-order valence-electron chi connectivity index (χ0n) is 11.3. The van der Waals surface area contributed by atoms with Crippen molar-refractivity contribution in [2.24, 2.45) is 0 Å². The fraction of sp³-hybridized carbons (Fsp3) is 0.462. The van der Waals surface area contributed by atoms with Gasteiger partial charge in [-0.3, -0.25) is 4.79 Å². The Morgan fingerprint density at radius 3 is 2.68 bits per heavy atom. The van der Waals surface area contributed by atoms with E-state index in [0.717, 1.165) is 6.20 Å². The minimum Gasteiger partial charge on any atom is -0.477 e. The van der Waals surface area contributed by atoms with E-state index in [1.165, 1.54) is 17.0 Å². The molecule has 1 unspecified atom stereocenters. The molecule has 1 N–H and O–H groups in total. The van der Waals surface area contributed by atoms with E-state index in [2.05, 4.69) is 4.98 Å². The van der Waals surface area contributed by atoms with Gasteiger partial charge in [-0.1, -0.05) is 0 Å². The van der Waals surface area contributed by atoms with E-state index in [-0.39, 0.29) is 31.0 Å². The number of pyridine rings is 1. The molecule has 0 aromatic carbocycles. The number of hydrogen-bond acceptors (Lipinski definition) is 4. The maximum Gasteiger partial charge on any atom is 0.391 e. The van der Waals surface area contributed by atoms with Gasteiger partial charge in [0.05, 0.1) is 24.7 Å². The molecule has 0 aliphatic carbocycles. The number of nitrogens with zero attached hydrogens (tertiary/aromatic N) is 2. The van der Waals surface area contributed by atoms with Crippen LogP contribution in [0.1, 0.15) is 27.3 Å². The number of aromatic carboxylic acids is 1. The zero-order valence-corrected chi connectivity index (χ0v) is 11.3. The van der Waals surface area contributed by atoms with Gasteiger partial charge in [-0.25, -0.2) is 9.78 Å². The molecule has 1 atom stereocenters. The van der Waals surface area contributed by atoms with Crippen molar-refractivity contribution >= 4 is 11.9 Å². The second-order valence-corrected chi connectivity index (χ2v) is 4.80. The average molecular weight is 318 g/mol. The van der Waals surface area contributed by atoms with Gasteiger partial charge < -0.3 is 14.7 Å². The molecule has 22 heavy (non-hydrogen) atoms. The van der Waals surface area contributed by atoms with Crippen molar-refractivity contribution < 1.29 is 32.6 Å². The molecule has 1 saturated heterocycles. The van der Waals surface area contributed by atoms with Crippen LogP contribution < -0.4 is 0 Å². The normalized spacial score (nSPS) is 19.0. The second-order valence-electron chi connectivity index (χ2n) is 4.80. The molecule has 0 spiro atoms. The predicted octanol–water partition coefficient (Wildman–Crippen LogP) is 1.57. The number of halogens is 3. The Balaban J connectivity index is 2.03. The lowest BCUT2D eigenvalue weighted by molar-refractivity contribution is -0.168. The Bertz CT molecular complexity index is 559. The number of carboxylic acid groups (broad SMARTS) is 1. The van der Waals surface area contributed by atoms with Crippen LogP contribution in [0.2, 0.25) is 0 Å². The molecule has 1 aromatic rings. The van der Waals surface area contributed by atoms with Crippen LogP contribution >= 0.6 is 0 Å². The van der Waals surface area contributed by atoms with E-state index < -0.39 is 30.6 Å². The van der Waals surface area contributed by atoms with Gasteiger partial charge in [-0.15, -0.1) is 0 Å². The van der Waals surface area contributed by atoms with Crippen LogP contribution in [-0.2, 0) is 4.74 Å². The quantitative estimate of drug-likeness (QED) is 0.915. The number of carbonyl (C=O) groups is 2. The van der Waals surface area contributed by atoms with Crippen molar-refractivity contribution in [3.8, 4) is 0 Å². The van der Waals surface area contributed by atoms with Gasteiger partial charge in [-0.05, 0) is 12.1 Å². The van der Waals surface area contributed by atoms with E-state index in [9.17, 15) is 22.8 Å². The van der Waals surface area contributed by atoms with Crippen molar-refractivity contribution in [3.05, 3.63) is 29.6 Å². The molecular formula is C13H13F3N2O4. The van der Waals surface area contributed by atoms with Crippen LogP contribution in [0, 0.1) is 0 Å². The number of morpholine rings is 1. The maximum atomic E-state index is 12.4. The number of alkyl halides is 3. The Hall–Kier alpha value is -2.16. The first kappa shape index (κ1) is 16.2. The molecular weight excluding hydrogens is 305 g/mol. The molecule has 2 rings (SSSR count). The molecule has 2 heterocycles. The largest absolute Gasteiger partial charge is 0.477 e. The van der Waals surface area contributed by atoms with E-state index >= 15 is 0 Å². The molecule has 1 fully saturated rings. The van der Waals surface area contributed by atoms with Crippen LogP contribution in [0.3, 0.4) is 0 Å². The highest BCUT2D eigenvalue weighted by molar-refractivity contribution is 5.95. The molecule has 9 heteroatoms.